The Morgan fingerprint density at radius 2 is 2.04 bits per heavy atom. The van der Waals surface area contributed by atoms with Crippen LogP contribution in [-0.4, -0.2) is 18.0 Å². The molecular formula is C22H31N3O2. The quantitative estimate of drug-likeness (QED) is 0.749. The van der Waals surface area contributed by atoms with E-state index in [1.807, 2.05) is 19.1 Å². The van der Waals surface area contributed by atoms with Crippen LogP contribution in [0.15, 0.2) is 18.2 Å². The number of urea groups is 1. The molecule has 1 aromatic carbocycles. The number of carbonyl (C=O) groups excluding carboxylic acids is 2. The zero-order valence-electron chi connectivity index (χ0n) is 16.8. The molecule has 1 aliphatic heterocycles. The third-order valence-electron chi connectivity index (χ3n) is 7.97. The number of fused-ring (bicyclic) bond motifs is 3. The number of aryl methyl sites for hydroxylation is 1. The maximum Gasteiger partial charge on any atom is 0.315 e. The monoisotopic (exact) mass is 369 g/mol. The number of rotatable bonds is 3. The van der Waals surface area contributed by atoms with E-state index in [1.54, 1.807) is 0 Å². The van der Waals surface area contributed by atoms with E-state index in [0.717, 1.165) is 29.7 Å². The molecular weight excluding hydrogens is 338 g/mol. The minimum absolute atomic E-state index is 0.0723. The average molecular weight is 370 g/mol. The second-order valence-electron chi connectivity index (χ2n) is 9.47. The summed E-state index contributed by atoms with van der Waals surface area (Å²) in [5.74, 6) is 0.782. The highest BCUT2D eigenvalue weighted by Crippen LogP contribution is 2.65. The van der Waals surface area contributed by atoms with Gasteiger partial charge in [0.1, 0.15) is 0 Å². The zero-order valence-corrected chi connectivity index (χ0v) is 16.8. The van der Waals surface area contributed by atoms with Crippen molar-refractivity contribution in [2.24, 2.45) is 16.7 Å². The Labute approximate surface area is 161 Å². The van der Waals surface area contributed by atoms with E-state index in [2.05, 4.69) is 42.8 Å². The van der Waals surface area contributed by atoms with Crippen molar-refractivity contribution in [3.05, 3.63) is 29.3 Å². The number of anilines is 1. The summed E-state index contributed by atoms with van der Waals surface area (Å²) in [6.07, 6.45) is 4.84. The summed E-state index contributed by atoms with van der Waals surface area (Å²) >= 11 is 0. The standard InChI is InChI=1S/C22H31N3O2/c1-13(14-5-7-17-15(11-14)6-8-19(26)24-17)23-20(27)25-18-12-16-9-10-22(18,4)21(16,2)3/h5,7,11,13,16,18H,6,8-10,12H2,1-4H3,(H,24,26)(H2,23,25,27)/t13-,16+,18+,22+/m0/s1. The lowest BCUT2D eigenvalue weighted by molar-refractivity contribution is -0.116. The highest BCUT2D eigenvalue weighted by molar-refractivity contribution is 5.93. The van der Waals surface area contributed by atoms with E-state index in [0.29, 0.717) is 17.8 Å². The first kappa shape index (κ1) is 18.3. The van der Waals surface area contributed by atoms with Crippen molar-refractivity contribution in [1.82, 2.24) is 10.6 Å². The fourth-order valence-electron chi connectivity index (χ4n) is 5.57. The van der Waals surface area contributed by atoms with Crippen molar-refractivity contribution in [3.8, 4) is 0 Å². The van der Waals surface area contributed by atoms with Gasteiger partial charge in [-0.3, -0.25) is 4.79 Å². The summed E-state index contributed by atoms with van der Waals surface area (Å²) in [4.78, 5) is 24.2. The van der Waals surface area contributed by atoms with E-state index in [4.69, 9.17) is 0 Å². The summed E-state index contributed by atoms with van der Waals surface area (Å²) < 4.78 is 0. The van der Waals surface area contributed by atoms with Crippen LogP contribution in [0, 0.1) is 16.7 Å². The molecule has 2 bridgehead atoms. The maximum atomic E-state index is 12.7. The van der Waals surface area contributed by atoms with E-state index < -0.39 is 0 Å². The molecule has 27 heavy (non-hydrogen) atoms. The largest absolute Gasteiger partial charge is 0.335 e. The summed E-state index contributed by atoms with van der Waals surface area (Å²) in [5.41, 5.74) is 3.58. The van der Waals surface area contributed by atoms with Crippen molar-refractivity contribution in [1.29, 1.82) is 0 Å². The maximum absolute atomic E-state index is 12.7. The SMILES string of the molecule is C[C@H](NC(=O)N[C@@H]1C[C@H]2CC[C@@]1(C)C2(C)C)c1ccc2c(c1)CCC(=O)N2. The number of nitrogens with one attached hydrogen (secondary N) is 3. The van der Waals surface area contributed by atoms with Crippen LogP contribution >= 0.6 is 0 Å². The molecule has 3 N–H and O–H groups in total. The predicted molar refractivity (Wildman–Crippen MR) is 106 cm³/mol. The summed E-state index contributed by atoms with van der Waals surface area (Å²) in [5, 5.41) is 9.28. The van der Waals surface area contributed by atoms with Crippen molar-refractivity contribution in [2.45, 2.75) is 71.9 Å². The summed E-state index contributed by atoms with van der Waals surface area (Å²) in [7, 11) is 0. The molecule has 1 heterocycles. The van der Waals surface area contributed by atoms with Gasteiger partial charge in [0.15, 0.2) is 0 Å². The van der Waals surface area contributed by atoms with Crippen molar-refractivity contribution < 1.29 is 9.59 Å². The van der Waals surface area contributed by atoms with Gasteiger partial charge >= 0.3 is 6.03 Å². The summed E-state index contributed by atoms with van der Waals surface area (Å²) in [6, 6.07) is 6.11. The zero-order chi connectivity index (χ0) is 19.4. The van der Waals surface area contributed by atoms with Gasteiger partial charge in [-0.2, -0.15) is 0 Å². The van der Waals surface area contributed by atoms with E-state index in [1.165, 1.54) is 12.8 Å². The van der Waals surface area contributed by atoms with Gasteiger partial charge in [0.2, 0.25) is 5.91 Å². The molecule has 3 aliphatic rings. The van der Waals surface area contributed by atoms with Gasteiger partial charge in [-0.15, -0.1) is 0 Å². The second-order valence-corrected chi connectivity index (χ2v) is 9.47. The topological polar surface area (TPSA) is 70.2 Å². The van der Waals surface area contributed by atoms with Crippen LogP contribution in [0.25, 0.3) is 0 Å². The van der Waals surface area contributed by atoms with Gasteiger partial charge in [-0.25, -0.2) is 4.79 Å². The van der Waals surface area contributed by atoms with Crippen molar-refractivity contribution in [3.63, 3.8) is 0 Å². The lowest BCUT2D eigenvalue weighted by atomic mass is 9.69. The molecule has 2 fully saturated rings. The molecule has 2 aliphatic carbocycles. The molecule has 0 spiro atoms. The highest BCUT2D eigenvalue weighted by atomic mass is 16.2. The first-order valence-corrected chi connectivity index (χ1v) is 10.2. The predicted octanol–water partition coefficient (Wildman–Crippen LogP) is 4.15. The fourth-order valence-corrected chi connectivity index (χ4v) is 5.57. The smallest absolute Gasteiger partial charge is 0.315 e. The van der Waals surface area contributed by atoms with E-state index in [9.17, 15) is 9.59 Å². The third-order valence-corrected chi connectivity index (χ3v) is 7.97. The van der Waals surface area contributed by atoms with Crippen molar-refractivity contribution >= 4 is 17.6 Å². The van der Waals surface area contributed by atoms with Crippen LogP contribution < -0.4 is 16.0 Å². The van der Waals surface area contributed by atoms with Gasteiger partial charge in [0.25, 0.3) is 0 Å². The van der Waals surface area contributed by atoms with Crippen LogP contribution in [0.3, 0.4) is 0 Å². The fraction of sp³-hybridized carbons (Fsp3) is 0.636. The Balaban J connectivity index is 1.40. The van der Waals surface area contributed by atoms with Gasteiger partial charge < -0.3 is 16.0 Å². The van der Waals surface area contributed by atoms with Crippen LogP contribution in [0.2, 0.25) is 0 Å². The van der Waals surface area contributed by atoms with Gasteiger partial charge in [-0.1, -0.05) is 32.9 Å². The van der Waals surface area contributed by atoms with Crippen LogP contribution in [-0.2, 0) is 11.2 Å². The Morgan fingerprint density at radius 1 is 1.26 bits per heavy atom. The molecule has 0 unspecified atom stereocenters. The first-order valence-electron chi connectivity index (χ1n) is 10.2. The number of benzene rings is 1. The highest BCUT2D eigenvalue weighted by Gasteiger charge is 2.61. The molecule has 0 saturated heterocycles. The molecule has 146 valence electrons. The first-order chi connectivity index (χ1) is 12.7. The lowest BCUT2D eigenvalue weighted by Gasteiger charge is -2.39. The number of carbonyl (C=O) groups is 2. The Bertz CT molecular complexity index is 788. The number of hydrogen-bond donors (Lipinski definition) is 3. The average Bonchev–Trinajstić information content (AvgIpc) is 2.94. The molecule has 0 aromatic heterocycles. The molecule has 1 aromatic rings. The van der Waals surface area contributed by atoms with Gasteiger partial charge in [0, 0.05) is 18.2 Å². The van der Waals surface area contributed by atoms with Gasteiger partial charge in [-0.05, 0) is 66.5 Å². The minimum atomic E-state index is -0.0805. The molecule has 2 saturated carbocycles. The Morgan fingerprint density at radius 3 is 2.70 bits per heavy atom. The molecule has 5 nitrogen and oxygen atoms in total. The molecule has 0 radical (unpaired) electrons. The normalized spacial score (nSPS) is 31.8. The Hall–Kier alpha value is -2.04. The van der Waals surface area contributed by atoms with Gasteiger partial charge in [0.05, 0.1) is 6.04 Å². The molecule has 4 rings (SSSR count). The van der Waals surface area contributed by atoms with E-state index in [-0.39, 0.29) is 29.4 Å². The number of amides is 3. The van der Waals surface area contributed by atoms with Crippen molar-refractivity contribution in [2.75, 3.05) is 5.32 Å². The molecule has 3 amide bonds. The third kappa shape index (κ3) is 2.91. The molecule has 5 heteroatoms. The Kier molecular flexibility index (Phi) is 4.24. The lowest BCUT2D eigenvalue weighted by Crippen LogP contribution is -2.50. The van der Waals surface area contributed by atoms with Crippen LogP contribution in [0.5, 0.6) is 0 Å². The van der Waals surface area contributed by atoms with E-state index >= 15 is 0 Å². The second kappa shape index (κ2) is 6.25. The molecule has 4 atom stereocenters. The minimum Gasteiger partial charge on any atom is -0.335 e. The summed E-state index contributed by atoms with van der Waals surface area (Å²) in [6.45, 7) is 9.07. The number of hydrogen-bond acceptors (Lipinski definition) is 2. The van der Waals surface area contributed by atoms with Crippen LogP contribution in [0.1, 0.15) is 70.5 Å². The van der Waals surface area contributed by atoms with Crippen LogP contribution in [0.4, 0.5) is 10.5 Å².